The predicted molar refractivity (Wildman–Crippen MR) is 90.2 cm³/mol. The number of sulfonamides is 1. The second kappa shape index (κ2) is 6.43. The van der Waals surface area contributed by atoms with E-state index in [2.05, 4.69) is 11.4 Å². The van der Waals surface area contributed by atoms with E-state index in [0.717, 1.165) is 55.3 Å². The molecule has 0 saturated heterocycles. The molecule has 24 heavy (non-hydrogen) atoms. The summed E-state index contributed by atoms with van der Waals surface area (Å²) in [6.07, 6.45) is 5.56. The summed E-state index contributed by atoms with van der Waals surface area (Å²) in [6.45, 7) is 0. The number of hydrogen-bond donors (Lipinski definition) is 3. The van der Waals surface area contributed by atoms with Crippen molar-refractivity contribution in [2.45, 2.75) is 44.9 Å². The van der Waals surface area contributed by atoms with Gasteiger partial charge >= 0.3 is 6.03 Å². The fourth-order valence-corrected chi connectivity index (χ4v) is 4.44. The van der Waals surface area contributed by atoms with Crippen LogP contribution in [0.4, 0.5) is 10.5 Å². The molecule has 1 aromatic rings. The number of nitrogens with one attached hydrogen (secondary N) is 2. The average Bonchev–Trinajstić information content (AvgIpc) is 3.13. The van der Waals surface area contributed by atoms with Gasteiger partial charge in [-0.2, -0.15) is 0 Å². The van der Waals surface area contributed by atoms with E-state index < -0.39 is 27.7 Å². The summed E-state index contributed by atoms with van der Waals surface area (Å²) in [4.78, 5) is 22.9. The molecule has 0 spiro atoms. The maximum atomic E-state index is 12.2. The van der Waals surface area contributed by atoms with E-state index in [1.807, 2.05) is 4.72 Å². The number of primary amides is 1. The molecule has 0 aromatic heterocycles. The number of anilines is 1. The molecular weight excluding hydrogens is 330 g/mol. The number of aryl methyl sites for hydroxylation is 2. The zero-order chi connectivity index (χ0) is 17.3. The van der Waals surface area contributed by atoms with E-state index in [-0.39, 0.29) is 6.42 Å². The van der Waals surface area contributed by atoms with Crippen molar-refractivity contribution in [3.8, 4) is 0 Å². The zero-order valence-corrected chi connectivity index (χ0v) is 14.2. The molecule has 0 fully saturated rings. The van der Waals surface area contributed by atoms with Gasteiger partial charge in [-0.05, 0) is 60.8 Å². The lowest BCUT2D eigenvalue weighted by molar-refractivity contribution is -0.117. The van der Waals surface area contributed by atoms with Crippen LogP contribution >= 0.6 is 0 Å². The highest BCUT2D eigenvalue weighted by Gasteiger charge is 2.26. The summed E-state index contributed by atoms with van der Waals surface area (Å²) in [6, 6.07) is 1.45. The van der Waals surface area contributed by atoms with Crippen LogP contribution in [0.15, 0.2) is 6.07 Å². The van der Waals surface area contributed by atoms with Crippen LogP contribution in [-0.2, 0) is 40.5 Å². The van der Waals surface area contributed by atoms with Crippen molar-refractivity contribution in [2.75, 3.05) is 11.1 Å². The van der Waals surface area contributed by atoms with Crippen molar-refractivity contribution >= 4 is 27.6 Å². The van der Waals surface area contributed by atoms with Gasteiger partial charge in [-0.15, -0.1) is 0 Å². The summed E-state index contributed by atoms with van der Waals surface area (Å²) in [5, 5.41) is 2.74. The Morgan fingerprint density at radius 1 is 1.04 bits per heavy atom. The number of hydrogen-bond acceptors (Lipinski definition) is 4. The van der Waals surface area contributed by atoms with E-state index in [4.69, 9.17) is 5.73 Å². The van der Waals surface area contributed by atoms with E-state index in [1.165, 1.54) is 11.1 Å². The molecule has 2 aliphatic rings. The summed E-state index contributed by atoms with van der Waals surface area (Å²) < 4.78 is 25.6. The Hall–Kier alpha value is -2.09. The Morgan fingerprint density at radius 2 is 1.62 bits per heavy atom. The van der Waals surface area contributed by atoms with Gasteiger partial charge in [0.05, 0.1) is 5.75 Å². The first-order chi connectivity index (χ1) is 11.4. The fourth-order valence-electron chi connectivity index (χ4n) is 3.53. The van der Waals surface area contributed by atoms with Gasteiger partial charge in [0.2, 0.25) is 15.9 Å². The lowest BCUT2D eigenvalue weighted by Crippen LogP contribution is -2.37. The summed E-state index contributed by atoms with van der Waals surface area (Å²) in [7, 11) is -3.89. The third kappa shape index (κ3) is 3.53. The minimum atomic E-state index is -3.89. The van der Waals surface area contributed by atoms with Gasteiger partial charge < -0.3 is 11.1 Å². The Balaban J connectivity index is 1.77. The maximum absolute atomic E-state index is 12.2. The largest absolute Gasteiger partial charge is 0.370 e. The highest BCUT2D eigenvalue weighted by Crippen LogP contribution is 2.38. The van der Waals surface area contributed by atoms with Crippen molar-refractivity contribution in [2.24, 2.45) is 5.73 Å². The molecular formula is C16H21N3O4S. The topological polar surface area (TPSA) is 118 Å². The molecule has 0 bridgehead atoms. The lowest BCUT2D eigenvalue weighted by Gasteiger charge is -2.16. The standard InChI is InChI=1S/C16H21N3O4S/c17-14(20)7-8-24(22,23)19-16(21)18-15-12-5-1-3-10(12)9-11-4-2-6-13(11)15/h9H,1-8H2,(H2,17,20)(H2,18,19,21). The number of benzene rings is 1. The van der Waals surface area contributed by atoms with Gasteiger partial charge in [0.15, 0.2) is 0 Å². The van der Waals surface area contributed by atoms with Gasteiger partial charge in [-0.1, -0.05) is 6.07 Å². The monoisotopic (exact) mass is 351 g/mol. The van der Waals surface area contributed by atoms with Gasteiger partial charge in [-0.25, -0.2) is 17.9 Å². The number of urea groups is 1. The van der Waals surface area contributed by atoms with E-state index in [0.29, 0.717) is 0 Å². The fraction of sp³-hybridized carbons (Fsp3) is 0.500. The summed E-state index contributed by atoms with van der Waals surface area (Å²) in [5.74, 6) is -1.22. The van der Waals surface area contributed by atoms with E-state index in [1.54, 1.807) is 0 Å². The number of nitrogens with two attached hydrogens (primary N) is 1. The smallest absolute Gasteiger partial charge is 0.332 e. The molecule has 2 aliphatic carbocycles. The molecule has 1 aromatic carbocycles. The average molecular weight is 351 g/mol. The van der Waals surface area contributed by atoms with Crippen LogP contribution in [0.3, 0.4) is 0 Å². The van der Waals surface area contributed by atoms with Crippen molar-refractivity contribution < 1.29 is 18.0 Å². The van der Waals surface area contributed by atoms with Gasteiger partial charge in [-0.3, -0.25) is 4.79 Å². The number of carbonyl (C=O) groups excluding carboxylic acids is 2. The number of fused-ring (bicyclic) bond motifs is 2. The Morgan fingerprint density at radius 3 is 2.17 bits per heavy atom. The molecule has 0 atom stereocenters. The molecule has 4 N–H and O–H groups in total. The number of amides is 3. The summed E-state index contributed by atoms with van der Waals surface area (Å²) >= 11 is 0. The number of rotatable bonds is 5. The van der Waals surface area contributed by atoms with Gasteiger partial charge in [0.25, 0.3) is 0 Å². The molecule has 3 rings (SSSR count). The molecule has 0 unspecified atom stereocenters. The quantitative estimate of drug-likeness (QED) is 0.733. The van der Waals surface area contributed by atoms with Crippen LogP contribution in [0.25, 0.3) is 0 Å². The normalized spacial score (nSPS) is 15.7. The highest BCUT2D eigenvalue weighted by molar-refractivity contribution is 7.90. The zero-order valence-electron chi connectivity index (χ0n) is 13.4. The first-order valence-corrected chi connectivity index (χ1v) is 9.77. The van der Waals surface area contributed by atoms with E-state index >= 15 is 0 Å². The van der Waals surface area contributed by atoms with Crippen LogP contribution in [0.2, 0.25) is 0 Å². The van der Waals surface area contributed by atoms with Crippen LogP contribution in [0.1, 0.15) is 41.5 Å². The molecule has 0 radical (unpaired) electrons. The van der Waals surface area contributed by atoms with Gasteiger partial charge in [0, 0.05) is 12.1 Å². The van der Waals surface area contributed by atoms with Crippen LogP contribution in [0, 0.1) is 0 Å². The summed E-state index contributed by atoms with van der Waals surface area (Å²) in [5.41, 5.74) is 10.5. The molecule has 130 valence electrons. The van der Waals surface area contributed by atoms with Gasteiger partial charge in [0.1, 0.15) is 0 Å². The molecule has 7 nitrogen and oxygen atoms in total. The van der Waals surface area contributed by atoms with E-state index in [9.17, 15) is 18.0 Å². The minimum Gasteiger partial charge on any atom is -0.370 e. The molecule has 0 saturated carbocycles. The predicted octanol–water partition coefficient (Wildman–Crippen LogP) is 0.991. The lowest BCUT2D eigenvalue weighted by atomic mass is 9.99. The highest BCUT2D eigenvalue weighted by atomic mass is 32.2. The Kier molecular flexibility index (Phi) is 4.49. The Bertz CT molecular complexity index is 770. The van der Waals surface area contributed by atoms with Crippen molar-refractivity contribution in [1.82, 2.24) is 4.72 Å². The first kappa shape index (κ1) is 16.8. The SMILES string of the molecule is NC(=O)CCS(=O)(=O)NC(=O)Nc1c2c(cc3c1CCC3)CCC2. The van der Waals surface area contributed by atoms with Crippen molar-refractivity contribution in [3.05, 3.63) is 28.3 Å². The molecule has 3 amide bonds. The third-order valence-corrected chi connectivity index (χ3v) is 5.81. The second-order valence-electron chi connectivity index (χ2n) is 6.33. The van der Waals surface area contributed by atoms with Crippen LogP contribution < -0.4 is 15.8 Å². The third-order valence-electron chi connectivity index (χ3n) is 4.58. The number of carbonyl (C=O) groups is 2. The van der Waals surface area contributed by atoms with Crippen LogP contribution in [0.5, 0.6) is 0 Å². The molecule has 0 aliphatic heterocycles. The van der Waals surface area contributed by atoms with Crippen molar-refractivity contribution in [1.29, 1.82) is 0 Å². The van der Waals surface area contributed by atoms with Crippen molar-refractivity contribution in [3.63, 3.8) is 0 Å². The molecule has 0 heterocycles. The van der Waals surface area contributed by atoms with Crippen LogP contribution in [-0.4, -0.2) is 26.1 Å². The first-order valence-electron chi connectivity index (χ1n) is 8.12. The molecule has 8 heteroatoms. The Labute approximate surface area is 141 Å². The second-order valence-corrected chi connectivity index (χ2v) is 8.17. The minimum absolute atomic E-state index is 0.321. The maximum Gasteiger partial charge on any atom is 0.332 e.